The number of nitrogens with zero attached hydrogens (tertiary/aromatic N) is 2. The van der Waals surface area contributed by atoms with E-state index in [1.54, 1.807) is 12.4 Å². The Bertz CT molecular complexity index is 1110. The van der Waals surface area contributed by atoms with Gasteiger partial charge in [0, 0.05) is 44.0 Å². The topological polar surface area (TPSA) is 71.5 Å². The number of rotatable bonds is 9. The number of hydrogen-bond acceptors (Lipinski definition) is 4. The third-order valence-electron chi connectivity index (χ3n) is 5.85. The van der Waals surface area contributed by atoms with Crippen molar-refractivity contribution in [3.8, 4) is 5.75 Å². The van der Waals surface area contributed by atoms with E-state index in [9.17, 15) is 9.59 Å². The number of nitrogens with one attached hydrogen (secondary N) is 1. The van der Waals surface area contributed by atoms with Gasteiger partial charge in [-0.25, -0.2) is 0 Å². The quantitative estimate of drug-likeness (QED) is 0.488. The first-order valence-corrected chi connectivity index (χ1v) is 11.4. The van der Waals surface area contributed by atoms with E-state index in [0.717, 1.165) is 34.5 Å². The van der Waals surface area contributed by atoms with Gasteiger partial charge in [-0.2, -0.15) is 0 Å². The summed E-state index contributed by atoms with van der Waals surface area (Å²) in [4.78, 5) is 30.7. The molecule has 1 aliphatic heterocycles. The monoisotopic (exact) mass is 443 g/mol. The molecule has 0 atom stereocenters. The predicted octanol–water partition coefficient (Wildman–Crippen LogP) is 4.66. The molecule has 33 heavy (non-hydrogen) atoms. The van der Waals surface area contributed by atoms with Crippen LogP contribution >= 0.6 is 0 Å². The van der Waals surface area contributed by atoms with E-state index >= 15 is 0 Å². The van der Waals surface area contributed by atoms with Crippen LogP contribution in [0.5, 0.6) is 5.75 Å². The normalized spacial score (nSPS) is 12.6. The zero-order chi connectivity index (χ0) is 23.0. The SMILES string of the molecule is Cc1ccccc1CN(Cc1cccnc1)C(=O)CCCOc1ccc2c(c1)CCC(=O)N2. The minimum atomic E-state index is 0.0521. The number of hydrogen-bond donors (Lipinski definition) is 1. The maximum Gasteiger partial charge on any atom is 0.224 e. The van der Waals surface area contributed by atoms with Crippen molar-refractivity contribution >= 4 is 17.5 Å². The van der Waals surface area contributed by atoms with Crippen LogP contribution in [-0.2, 0) is 29.1 Å². The Hall–Kier alpha value is -3.67. The van der Waals surface area contributed by atoms with Crippen molar-refractivity contribution in [2.24, 2.45) is 0 Å². The highest BCUT2D eigenvalue weighted by atomic mass is 16.5. The van der Waals surface area contributed by atoms with Crippen LogP contribution in [0.4, 0.5) is 5.69 Å². The van der Waals surface area contributed by atoms with Crippen molar-refractivity contribution < 1.29 is 14.3 Å². The van der Waals surface area contributed by atoms with Gasteiger partial charge in [0.15, 0.2) is 0 Å². The summed E-state index contributed by atoms with van der Waals surface area (Å²) in [5.41, 5.74) is 5.28. The van der Waals surface area contributed by atoms with Crippen molar-refractivity contribution in [1.82, 2.24) is 9.88 Å². The van der Waals surface area contributed by atoms with Crippen molar-refractivity contribution in [3.63, 3.8) is 0 Å². The maximum atomic E-state index is 13.1. The Balaban J connectivity index is 1.33. The van der Waals surface area contributed by atoms with Crippen LogP contribution in [0, 0.1) is 6.92 Å². The van der Waals surface area contributed by atoms with E-state index in [1.807, 2.05) is 47.4 Å². The standard InChI is InChI=1S/C27H29N3O3/c1-20-6-2-3-8-23(20)19-30(18-21-7-4-14-28-17-21)27(32)9-5-15-33-24-11-12-25-22(16-24)10-13-26(31)29-25/h2-4,6-8,11-12,14,16-17H,5,9-10,13,15,18-19H2,1H3,(H,29,31). The highest BCUT2D eigenvalue weighted by Gasteiger charge is 2.17. The van der Waals surface area contributed by atoms with Crippen molar-refractivity contribution in [3.05, 3.63) is 89.2 Å². The molecular weight excluding hydrogens is 414 g/mol. The summed E-state index contributed by atoms with van der Waals surface area (Å²) in [7, 11) is 0. The Morgan fingerprint density at radius 3 is 2.79 bits per heavy atom. The second kappa shape index (κ2) is 10.8. The second-order valence-electron chi connectivity index (χ2n) is 8.36. The molecule has 1 N–H and O–H groups in total. The summed E-state index contributed by atoms with van der Waals surface area (Å²) < 4.78 is 5.89. The summed E-state index contributed by atoms with van der Waals surface area (Å²) in [6.45, 7) is 3.62. The van der Waals surface area contributed by atoms with Gasteiger partial charge in [0.1, 0.15) is 5.75 Å². The van der Waals surface area contributed by atoms with Gasteiger partial charge in [-0.05, 0) is 66.3 Å². The average molecular weight is 444 g/mol. The van der Waals surface area contributed by atoms with Crippen LogP contribution in [0.15, 0.2) is 67.0 Å². The molecule has 2 amide bonds. The number of carbonyl (C=O) groups excluding carboxylic acids is 2. The van der Waals surface area contributed by atoms with E-state index in [2.05, 4.69) is 29.4 Å². The number of pyridine rings is 1. The number of aryl methyl sites for hydroxylation is 2. The molecule has 1 aliphatic rings. The highest BCUT2D eigenvalue weighted by molar-refractivity contribution is 5.94. The molecule has 4 rings (SSSR count). The molecule has 170 valence electrons. The Morgan fingerprint density at radius 2 is 1.97 bits per heavy atom. The second-order valence-corrected chi connectivity index (χ2v) is 8.36. The number of benzene rings is 2. The fourth-order valence-corrected chi connectivity index (χ4v) is 3.96. The van der Waals surface area contributed by atoms with E-state index in [-0.39, 0.29) is 11.8 Å². The highest BCUT2D eigenvalue weighted by Crippen LogP contribution is 2.27. The fourth-order valence-electron chi connectivity index (χ4n) is 3.96. The first-order chi connectivity index (χ1) is 16.1. The molecule has 2 aromatic carbocycles. The smallest absolute Gasteiger partial charge is 0.224 e. The van der Waals surface area contributed by atoms with Gasteiger partial charge in [0.25, 0.3) is 0 Å². The van der Waals surface area contributed by atoms with Gasteiger partial charge < -0.3 is 15.0 Å². The molecule has 0 saturated heterocycles. The van der Waals surface area contributed by atoms with Crippen LogP contribution in [0.2, 0.25) is 0 Å². The van der Waals surface area contributed by atoms with Crippen LogP contribution in [0.25, 0.3) is 0 Å². The summed E-state index contributed by atoms with van der Waals surface area (Å²) in [6, 6.07) is 17.8. The van der Waals surface area contributed by atoms with Crippen LogP contribution in [-0.4, -0.2) is 28.3 Å². The molecular formula is C27H29N3O3. The molecule has 0 bridgehead atoms. The van der Waals surface area contributed by atoms with Crippen LogP contribution in [0.1, 0.15) is 41.5 Å². The number of carbonyl (C=O) groups is 2. The van der Waals surface area contributed by atoms with Gasteiger partial charge in [-0.1, -0.05) is 30.3 Å². The molecule has 6 heteroatoms. The summed E-state index contributed by atoms with van der Waals surface area (Å²) in [5.74, 6) is 0.916. The predicted molar refractivity (Wildman–Crippen MR) is 128 cm³/mol. The summed E-state index contributed by atoms with van der Waals surface area (Å²) in [5, 5.41) is 2.88. The number of aromatic nitrogens is 1. The third-order valence-corrected chi connectivity index (χ3v) is 5.85. The van der Waals surface area contributed by atoms with E-state index < -0.39 is 0 Å². The first-order valence-electron chi connectivity index (χ1n) is 11.4. The summed E-state index contributed by atoms with van der Waals surface area (Å²) >= 11 is 0. The lowest BCUT2D eigenvalue weighted by atomic mass is 10.0. The molecule has 0 saturated carbocycles. The number of anilines is 1. The molecule has 6 nitrogen and oxygen atoms in total. The van der Waals surface area contributed by atoms with Gasteiger partial charge in [0.05, 0.1) is 6.61 Å². The Morgan fingerprint density at radius 1 is 1.09 bits per heavy atom. The lowest BCUT2D eigenvalue weighted by Crippen LogP contribution is -2.30. The minimum Gasteiger partial charge on any atom is -0.494 e. The maximum absolute atomic E-state index is 13.1. The number of ether oxygens (including phenoxy) is 1. The number of fused-ring (bicyclic) bond motifs is 1. The average Bonchev–Trinajstić information content (AvgIpc) is 2.83. The van der Waals surface area contributed by atoms with Gasteiger partial charge >= 0.3 is 0 Å². The van der Waals surface area contributed by atoms with Crippen LogP contribution in [0.3, 0.4) is 0 Å². The fraction of sp³-hybridized carbons (Fsp3) is 0.296. The van der Waals surface area contributed by atoms with Gasteiger partial charge in [0.2, 0.25) is 11.8 Å². The van der Waals surface area contributed by atoms with Gasteiger partial charge in [-0.3, -0.25) is 14.6 Å². The summed E-state index contributed by atoms with van der Waals surface area (Å²) in [6.07, 6.45) is 5.80. The van der Waals surface area contributed by atoms with Crippen molar-refractivity contribution in [2.45, 2.75) is 45.7 Å². The van der Waals surface area contributed by atoms with E-state index in [1.165, 1.54) is 5.56 Å². The molecule has 0 fully saturated rings. The molecule has 1 aromatic heterocycles. The zero-order valence-electron chi connectivity index (χ0n) is 18.9. The Kier molecular flexibility index (Phi) is 7.35. The molecule has 0 aliphatic carbocycles. The van der Waals surface area contributed by atoms with Crippen LogP contribution < -0.4 is 10.1 Å². The minimum absolute atomic E-state index is 0.0521. The van der Waals surface area contributed by atoms with E-state index in [4.69, 9.17) is 4.74 Å². The largest absolute Gasteiger partial charge is 0.494 e. The zero-order valence-corrected chi connectivity index (χ0v) is 18.9. The molecule has 3 aromatic rings. The molecule has 0 unspecified atom stereocenters. The Labute approximate surface area is 194 Å². The van der Waals surface area contributed by atoms with Crippen molar-refractivity contribution in [2.75, 3.05) is 11.9 Å². The lowest BCUT2D eigenvalue weighted by Gasteiger charge is -2.24. The molecule has 0 spiro atoms. The number of amides is 2. The molecule has 2 heterocycles. The third kappa shape index (κ3) is 6.19. The van der Waals surface area contributed by atoms with Gasteiger partial charge in [-0.15, -0.1) is 0 Å². The van der Waals surface area contributed by atoms with E-state index in [0.29, 0.717) is 39.0 Å². The molecule has 0 radical (unpaired) electrons. The lowest BCUT2D eigenvalue weighted by molar-refractivity contribution is -0.132. The first kappa shape index (κ1) is 22.5. The van der Waals surface area contributed by atoms with Crippen molar-refractivity contribution in [1.29, 1.82) is 0 Å².